The van der Waals surface area contributed by atoms with Crippen molar-refractivity contribution in [3.8, 4) is 0 Å². The van der Waals surface area contributed by atoms with E-state index in [2.05, 4.69) is 6.58 Å². The predicted octanol–water partition coefficient (Wildman–Crippen LogP) is 3.65. The van der Waals surface area contributed by atoms with E-state index in [1.165, 1.54) is 40.5 Å². The Kier molecular flexibility index (Phi) is 4.31. The summed E-state index contributed by atoms with van der Waals surface area (Å²) in [6, 6.07) is 8.23. The maximum atomic E-state index is 14.3. The summed E-state index contributed by atoms with van der Waals surface area (Å²) in [7, 11) is 0. The first-order chi connectivity index (χ1) is 11.6. The quantitative estimate of drug-likeness (QED) is 0.666. The molecule has 1 amide bonds. The van der Waals surface area contributed by atoms with Crippen LogP contribution in [0.25, 0.3) is 0 Å². The molecule has 122 valence electrons. The molecule has 0 aliphatic carbocycles. The van der Waals surface area contributed by atoms with Gasteiger partial charge in [-0.3, -0.25) is 9.59 Å². The molecule has 24 heavy (non-hydrogen) atoms. The highest BCUT2D eigenvalue weighted by Gasteiger charge is 2.44. The average Bonchev–Trinajstić information content (AvgIpc) is 3.18. The molecule has 1 N–H and O–H groups in total. The molecule has 4 nitrogen and oxygen atoms in total. The Morgan fingerprint density at radius 3 is 2.71 bits per heavy atom. The fourth-order valence-corrected chi connectivity index (χ4v) is 3.45. The van der Waals surface area contributed by atoms with Crippen molar-refractivity contribution < 1.29 is 19.1 Å². The van der Waals surface area contributed by atoms with Gasteiger partial charge in [-0.25, -0.2) is 4.39 Å². The van der Waals surface area contributed by atoms with Gasteiger partial charge < -0.3 is 10.0 Å². The highest BCUT2D eigenvalue weighted by Crippen LogP contribution is 2.40. The van der Waals surface area contributed by atoms with Crippen molar-refractivity contribution in [1.82, 2.24) is 4.90 Å². The summed E-state index contributed by atoms with van der Waals surface area (Å²) in [6.45, 7) is 3.67. The average molecular weight is 343 g/mol. The summed E-state index contributed by atoms with van der Waals surface area (Å²) >= 11 is 1.20. The molecule has 1 aliphatic rings. The summed E-state index contributed by atoms with van der Waals surface area (Å²) < 4.78 is 14.3. The molecule has 2 heterocycles. The molecule has 1 aliphatic heterocycles. The molecular formula is C18H14FNO3S. The standard InChI is InChI=1S/C18H14FNO3S/c1-2-9-20-15(11-6-3-4-7-12(11)19)14(17(22)18(20)23)16(21)13-8-5-10-24-13/h2-8,10,15,22H,1,9H2/t15-/m0/s1. The highest BCUT2D eigenvalue weighted by atomic mass is 32.1. The van der Waals surface area contributed by atoms with Crippen molar-refractivity contribution in [1.29, 1.82) is 0 Å². The Balaban J connectivity index is 2.16. The molecule has 0 unspecified atom stereocenters. The number of rotatable bonds is 5. The predicted molar refractivity (Wildman–Crippen MR) is 89.4 cm³/mol. The largest absolute Gasteiger partial charge is 0.503 e. The minimum absolute atomic E-state index is 0.0864. The normalized spacial score (nSPS) is 17.5. The second-order valence-corrected chi connectivity index (χ2v) is 6.19. The summed E-state index contributed by atoms with van der Waals surface area (Å²) in [5.74, 6) is -2.36. The van der Waals surface area contributed by atoms with Crippen LogP contribution in [0.1, 0.15) is 21.3 Å². The van der Waals surface area contributed by atoms with Crippen LogP contribution in [0.5, 0.6) is 0 Å². The number of carbonyl (C=O) groups excluding carboxylic acids is 2. The SMILES string of the molecule is C=CCN1C(=O)C(O)=C(C(=O)c2cccs2)[C@@H]1c1ccccc1F. The molecule has 0 saturated carbocycles. The zero-order chi connectivity index (χ0) is 17.3. The first kappa shape index (κ1) is 16.1. The molecule has 1 aromatic carbocycles. The molecule has 3 rings (SSSR count). The topological polar surface area (TPSA) is 57.6 Å². The number of amides is 1. The Morgan fingerprint density at radius 2 is 2.08 bits per heavy atom. The smallest absolute Gasteiger partial charge is 0.290 e. The van der Waals surface area contributed by atoms with Gasteiger partial charge >= 0.3 is 0 Å². The van der Waals surface area contributed by atoms with Crippen LogP contribution in [0.2, 0.25) is 0 Å². The molecule has 0 fully saturated rings. The molecule has 6 heteroatoms. The van der Waals surface area contributed by atoms with Crippen LogP contribution in [0.4, 0.5) is 4.39 Å². The van der Waals surface area contributed by atoms with Gasteiger partial charge in [0.1, 0.15) is 5.82 Å². The molecular weight excluding hydrogens is 329 g/mol. The maximum Gasteiger partial charge on any atom is 0.290 e. The summed E-state index contributed by atoms with van der Waals surface area (Å²) in [4.78, 5) is 26.8. The Labute approximate surface area is 142 Å². The Bertz CT molecular complexity index is 842. The van der Waals surface area contributed by atoms with Crippen LogP contribution >= 0.6 is 11.3 Å². The van der Waals surface area contributed by atoms with Crippen molar-refractivity contribution in [3.63, 3.8) is 0 Å². The fraction of sp³-hybridized carbons (Fsp3) is 0.111. The lowest BCUT2D eigenvalue weighted by Crippen LogP contribution is -2.31. The number of hydrogen-bond donors (Lipinski definition) is 1. The number of thiophene rings is 1. The van der Waals surface area contributed by atoms with Crippen molar-refractivity contribution in [2.75, 3.05) is 6.54 Å². The summed E-state index contributed by atoms with van der Waals surface area (Å²) in [5.41, 5.74) is 0.0612. The molecule has 0 radical (unpaired) electrons. The second-order valence-electron chi connectivity index (χ2n) is 5.24. The second kappa shape index (κ2) is 6.41. The summed E-state index contributed by atoms with van der Waals surface area (Å²) in [6.07, 6.45) is 1.47. The molecule has 0 bridgehead atoms. The molecule has 0 spiro atoms. The van der Waals surface area contributed by atoms with Gasteiger partial charge in [0, 0.05) is 12.1 Å². The van der Waals surface area contributed by atoms with E-state index >= 15 is 0 Å². The Morgan fingerprint density at radius 1 is 1.33 bits per heavy atom. The van der Waals surface area contributed by atoms with Gasteiger partial charge in [-0.2, -0.15) is 0 Å². The van der Waals surface area contributed by atoms with E-state index in [0.717, 1.165) is 0 Å². The maximum absolute atomic E-state index is 14.3. The lowest BCUT2D eigenvalue weighted by atomic mass is 9.95. The number of ketones is 1. The number of aliphatic hydroxyl groups is 1. The molecule has 2 aromatic rings. The first-order valence-electron chi connectivity index (χ1n) is 7.24. The van der Waals surface area contributed by atoms with E-state index in [4.69, 9.17) is 0 Å². The lowest BCUT2D eigenvalue weighted by Gasteiger charge is -2.25. The minimum Gasteiger partial charge on any atom is -0.503 e. The number of aliphatic hydroxyl groups excluding tert-OH is 1. The van der Waals surface area contributed by atoms with Crippen LogP contribution in [-0.2, 0) is 4.79 Å². The molecule has 1 aromatic heterocycles. The summed E-state index contributed by atoms with van der Waals surface area (Å²) in [5, 5.41) is 12.0. The number of carbonyl (C=O) groups is 2. The van der Waals surface area contributed by atoms with E-state index in [1.807, 2.05) is 0 Å². The number of Topliss-reactive ketones (excluding diaryl/α,β-unsaturated/α-hetero) is 1. The van der Waals surface area contributed by atoms with Crippen LogP contribution in [0, 0.1) is 5.82 Å². The van der Waals surface area contributed by atoms with E-state index in [-0.39, 0.29) is 17.7 Å². The minimum atomic E-state index is -0.980. The van der Waals surface area contributed by atoms with Gasteiger partial charge in [0.25, 0.3) is 5.91 Å². The van der Waals surface area contributed by atoms with Crippen LogP contribution < -0.4 is 0 Å². The Hall–Kier alpha value is -2.73. The van der Waals surface area contributed by atoms with E-state index in [9.17, 15) is 19.1 Å². The third-order valence-corrected chi connectivity index (χ3v) is 4.69. The number of benzene rings is 1. The van der Waals surface area contributed by atoms with Crippen molar-refractivity contribution in [2.24, 2.45) is 0 Å². The van der Waals surface area contributed by atoms with Crippen LogP contribution in [0.15, 0.2) is 65.8 Å². The van der Waals surface area contributed by atoms with Gasteiger partial charge in [0.15, 0.2) is 5.76 Å². The number of hydrogen-bond acceptors (Lipinski definition) is 4. The molecule has 1 atom stereocenters. The van der Waals surface area contributed by atoms with Gasteiger partial charge in [-0.1, -0.05) is 30.3 Å². The number of halogens is 1. The van der Waals surface area contributed by atoms with E-state index in [1.54, 1.807) is 23.6 Å². The van der Waals surface area contributed by atoms with Gasteiger partial charge in [-0.15, -0.1) is 17.9 Å². The zero-order valence-corrected chi connectivity index (χ0v) is 13.4. The zero-order valence-electron chi connectivity index (χ0n) is 12.6. The molecule has 0 saturated heterocycles. The number of nitrogens with zero attached hydrogens (tertiary/aromatic N) is 1. The van der Waals surface area contributed by atoms with Gasteiger partial charge in [0.2, 0.25) is 5.78 Å². The third-order valence-electron chi connectivity index (χ3n) is 3.82. The van der Waals surface area contributed by atoms with E-state index in [0.29, 0.717) is 4.88 Å². The van der Waals surface area contributed by atoms with Crippen LogP contribution in [-0.4, -0.2) is 28.2 Å². The first-order valence-corrected chi connectivity index (χ1v) is 8.11. The monoisotopic (exact) mass is 343 g/mol. The van der Waals surface area contributed by atoms with Crippen molar-refractivity contribution in [2.45, 2.75) is 6.04 Å². The van der Waals surface area contributed by atoms with Crippen molar-refractivity contribution in [3.05, 3.63) is 82.0 Å². The van der Waals surface area contributed by atoms with Crippen molar-refractivity contribution >= 4 is 23.0 Å². The van der Waals surface area contributed by atoms with Crippen LogP contribution in [0.3, 0.4) is 0 Å². The highest BCUT2D eigenvalue weighted by molar-refractivity contribution is 7.12. The van der Waals surface area contributed by atoms with E-state index < -0.39 is 29.3 Å². The van der Waals surface area contributed by atoms with Gasteiger partial charge in [0.05, 0.1) is 16.5 Å². The lowest BCUT2D eigenvalue weighted by molar-refractivity contribution is -0.128. The van der Waals surface area contributed by atoms with Gasteiger partial charge in [-0.05, 0) is 17.5 Å². The fourth-order valence-electron chi connectivity index (χ4n) is 2.77. The third kappa shape index (κ3) is 2.55.